The summed E-state index contributed by atoms with van der Waals surface area (Å²) in [5.41, 5.74) is 0. The Morgan fingerprint density at radius 2 is 2.00 bits per heavy atom. The molecule has 0 saturated carbocycles. The minimum atomic E-state index is -0.791. The molecule has 0 saturated heterocycles. The van der Waals surface area contributed by atoms with E-state index in [1.54, 1.807) is 6.92 Å². The van der Waals surface area contributed by atoms with Crippen LogP contribution < -0.4 is 0 Å². The van der Waals surface area contributed by atoms with Gasteiger partial charge in [-0.15, -0.1) is 11.6 Å². The van der Waals surface area contributed by atoms with E-state index in [1.807, 2.05) is 0 Å². The number of hydrogen-bond acceptors (Lipinski definition) is 5. The largest absolute Gasteiger partial charge is 0.364 e. The third kappa shape index (κ3) is 4.92. The van der Waals surface area contributed by atoms with E-state index < -0.39 is 17.3 Å². The van der Waals surface area contributed by atoms with Crippen LogP contribution in [0, 0.1) is 0 Å². The highest BCUT2D eigenvalue weighted by Crippen LogP contribution is 2.03. The Labute approximate surface area is 74.4 Å². The maximum Gasteiger partial charge on any atom is 0.364 e. The number of carbonyl (C=O) groups excluding carboxylic acids is 2. The summed E-state index contributed by atoms with van der Waals surface area (Å²) in [7, 11) is 0. The molecule has 0 aliphatic heterocycles. The predicted octanol–water partition coefficient (Wildman–Crippen LogP) is 0.957. The zero-order valence-electron chi connectivity index (χ0n) is 6.70. The van der Waals surface area contributed by atoms with Crippen molar-refractivity contribution in [2.75, 3.05) is 0 Å². The van der Waals surface area contributed by atoms with Crippen LogP contribution in [0.15, 0.2) is 0 Å². The van der Waals surface area contributed by atoms with E-state index in [1.165, 1.54) is 0 Å². The summed E-state index contributed by atoms with van der Waals surface area (Å²) in [6.45, 7) is 2.80. The van der Waals surface area contributed by atoms with Crippen molar-refractivity contribution in [2.24, 2.45) is 0 Å². The molecule has 0 N–H and O–H groups in total. The van der Waals surface area contributed by atoms with Gasteiger partial charge in [-0.25, -0.2) is 9.59 Å². The van der Waals surface area contributed by atoms with Crippen LogP contribution in [-0.4, -0.2) is 17.3 Å². The van der Waals surface area contributed by atoms with Crippen molar-refractivity contribution in [3.8, 4) is 0 Å². The van der Waals surface area contributed by atoms with Crippen LogP contribution in [0.1, 0.15) is 20.3 Å². The summed E-state index contributed by atoms with van der Waals surface area (Å²) in [4.78, 5) is 28.6. The van der Waals surface area contributed by atoms with E-state index in [0.29, 0.717) is 6.42 Å². The zero-order chi connectivity index (χ0) is 9.56. The first-order valence-electron chi connectivity index (χ1n) is 3.27. The summed E-state index contributed by atoms with van der Waals surface area (Å²) in [6.07, 6.45) is 0.407. The van der Waals surface area contributed by atoms with Gasteiger partial charge in [-0.1, -0.05) is 6.92 Å². The van der Waals surface area contributed by atoms with Gasteiger partial charge in [0.25, 0.3) is 0 Å². The lowest BCUT2D eigenvalue weighted by Crippen LogP contribution is -2.18. The van der Waals surface area contributed by atoms with Crippen molar-refractivity contribution in [3.05, 3.63) is 0 Å². The summed E-state index contributed by atoms with van der Waals surface area (Å²) < 4.78 is 0. The molecule has 0 radical (unpaired) electrons. The van der Waals surface area contributed by atoms with E-state index in [9.17, 15) is 9.59 Å². The van der Waals surface area contributed by atoms with E-state index in [0.717, 1.165) is 6.92 Å². The first-order chi connectivity index (χ1) is 5.57. The third-order valence-corrected chi connectivity index (χ3v) is 1.37. The maximum atomic E-state index is 10.7. The predicted molar refractivity (Wildman–Crippen MR) is 38.9 cm³/mol. The highest BCUT2D eigenvalue weighted by molar-refractivity contribution is 6.29. The lowest BCUT2D eigenvalue weighted by Gasteiger charge is -2.02. The van der Waals surface area contributed by atoms with E-state index in [4.69, 9.17) is 11.6 Å². The van der Waals surface area contributed by atoms with E-state index in [2.05, 4.69) is 14.8 Å². The molecule has 5 nitrogen and oxygen atoms in total. The van der Waals surface area contributed by atoms with Gasteiger partial charge in [0.1, 0.15) is 5.38 Å². The lowest BCUT2D eigenvalue weighted by atomic mass is 10.3. The Balaban J connectivity index is 3.50. The lowest BCUT2D eigenvalue weighted by molar-refractivity contribution is -0.458. The second-order valence-corrected chi connectivity index (χ2v) is 2.45. The second-order valence-electron chi connectivity index (χ2n) is 1.92. The van der Waals surface area contributed by atoms with Gasteiger partial charge in [0.05, 0.1) is 0 Å². The normalized spacial score (nSPS) is 11.9. The molecule has 0 aromatic carbocycles. The fourth-order valence-corrected chi connectivity index (χ4v) is 0.354. The van der Waals surface area contributed by atoms with Crippen molar-refractivity contribution in [1.29, 1.82) is 0 Å². The molecule has 12 heavy (non-hydrogen) atoms. The Hall–Kier alpha value is -0.810. The SMILES string of the molecule is CCC(Cl)C(=O)OOOC(C)=O. The molecular weight excluding hydrogens is 188 g/mol. The molecule has 6 heteroatoms. The fraction of sp³-hybridized carbons (Fsp3) is 0.667. The molecule has 0 amide bonds. The molecule has 1 atom stereocenters. The molecule has 0 spiro atoms. The van der Waals surface area contributed by atoms with Gasteiger partial charge >= 0.3 is 11.9 Å². The first kappa shape index (κ1) is 11.2. The zero-order valence-corrected chi connectivity index (χ0v) is 7.46. The quantitative estimate of drug-likeness (QED) is 0.381. The standard InChI is InChI=1S/C6H9ClO5/c1-3-5(7)6(9)11-12-10-4(2)8/h5H,3H2,1-2H3. The van der Waals surface area contributed by atoms with Crippen molar-refractivity contribution in [1.82, 2.24) is 0 Å². The minimum Gasteiger partial charge on any atom is -0.260 e. The van der Waals surface area contributed by atoms with Gasteiger partial charge in [0, 0.05) is 12.0 Å². The Morgan fingerprint density at radius 3 is 2.42 bits per heavy atom. The van der Waals surface area contributed by atoms with Crippen LogP contribution in [0.2, 0.25) is 0 Å². The molecule has 0 fully saturated rings. The summed E-state index contributed by atoms with van der Waals surface area (Å²) in [5.74, 6) is -1.51. The Kier molecular flexibility index (Phi) is 5.40. The molecule has 1 unspecified atom stereocenters. The first-order valence-corrected chi connectivity index (χ1v) is 3.71. The monoisotopic (exact) mass is 196 g/mol. The van der Waals surface area contributed by atoms with Crippen LogP contribution in [0.3, 0.4) is 0 Å². The topological polar surface area (TPSA) is 61.8 Å². The Morgan fingerprint density at radius 1 is 1.42 bits per heavy atom. The fourth-order valence-electron chi connectivity index (χ4n) is 0.317. The van der Waals surface area contributed by atoms with Gasteiger partial charge in [-0.05, 0) is 6.42 Å². The van der Waals surface area contributed by atoms with Gasteiger partial charge in [0.15, 0.2) is 0 Å². The molecular formula is C6H9ClO5. The summed E-state index contributed by atoms with van der Waals surface area (Å²) in [5, 5.41) is 3.01. The van der Waals surface area contributed by atoms with Gasteiger partial charge in [0.2, 0.25) is 0 Å². The second kappa shape index (κ2) is 5.79. The number of rotatable bonds is 4. The van der Waals surface area contributed by atoms with Crippen LogP contribution in [0.5, 0.6) is 0 Å². The van der Waals surface area contributed by atoms with Crippen molar-refractivity contribution in [3.63, 3.8) is 0 Å². The van der Waals surface area contributed by atoms with Crippen LogP contribution in [0.25, 0.3) is 0 Å². The molecule has 0 heterocycles. The average Bonchev–Trinajstić information content (AvgIpc) is 2.02. The van der Waals surface area contributed by atoms with Gasteiger partial charge < -0.3 is 0 Å². The highest BCUT2D eigenvalue weighted by Gasteiger charge is 2.16. The number of alkyl halides is 1. The van der Waals surface area contributed by atoms with Crippen LogP contribution >= 0.6 is 11.6 Å². The minimum absolute atomic E-state index is 0.407. The van der Waals surface area contributed by atoms with Crippen molar-refractivity contribution >= 4 is 23.5 Å². The van der Waals surface area contributed by atoms with Crippen molar-refractivity contribution in [2.45, 2.75) is 25.6 Å². The molecule has 0 aromatic rings. The third-order valence-electron chi connectivity index (χ3n) is 0.882. The molecule has 0 aromatic heterocycles. The smallest absolute Gasteiger partial charge is 0.260 e. The summed E-state index contributed by atoms with van der Waals surface area (Å²) >= 11 is 5.44. The molecule has 0 aliphatic carbocycles. The van der Waals surface area contributed by atoms with Crippen LogP contribution in [-0.2, 0) is 24.4 Å². The van der Waals surface area contributed by atoms with E-state index in [-0.39, 0.29) is 0 Å². The average molecular weight is 197 g/mol. The Bertz CT molecular complexity index is 169. The van der Waals surface area contributed by atoms with Gasteiger partial charge in [-0.2, -0.15) is 0 Å². The van der Waals surface area contributed by atoms with Gasteiger partial charge in [-0.3, -0.25) is 9.78 Å². The number of carbonyl (C=O) groups is 2. The maximum absolute atomic E-state index is 10.7. The van der Waals surface area contributed by atoms with Crippen molar-refractivity contribution < 1.29 is 24.4 Å². The number of hydrogen-bond donors (Lipinski definition) is 0. The van der Waals surface area contributed by atoms with E-state index >= 15 is 0 Å². The molecule has 0 aliphatic rings. The number of halogens is 1. The summed E-state index contributed by atoms with van der Waals surface area (Å²) in [6, 6.07) is 0. The highest BCUT2D eigenvalue weighted by atomic mass is 35.5. The molecule has 0 rings (SSSR count). The van der Waals surface area contributed by atoms with Crippen LogP contribution in [0.4, 0.5) is 0 Å². The molecule has 70 valence electrons. The molecule has 0 bridgehead atoms.